The van der Waals surface area contributed by atoms with E-state index in [2.05, 4.69) is 16.0 Å². The third-order valence-electron chi connectivity index (χ3n) is 5.03. The Balaban J connectivity index is 0.00000338. The molecule has 0 radical (unpaired) electrons. The highest BCUT2D eigenvalue weighted by Gasteiger charge is 2.42. The van der Waals surface area contributed by atoms with Crippen LogP contribution in [0.15, 0.2) is 0 Å². The van der Waals surface area contributed by atoms with Crippen molar-refractivity contribution in [1.29, 1.82) is 0 Å². The van der Waals surface area contributed by atoms with E-state index < -0.39 is 0 Å². The van der Waals surface area contributed by atoms with Gasteiger partial charge in [-0.15, -0.1) is 12.4 Å². The Kier molecular flexibility index (Phi) is 12.1. The molecule has 0 aliphatic carbocycles. The van der Waals surface area contributed by atoms with Crippen LogP contribution < -0.4 is 21.7 Å². The van der Waals surface area contributed by atoms with E-state index in [0.717, 1.165) is 50.9 Å². The van der Waals surface area contributed by atoms with Gasteiger partial charge in [-0.1, -0.05) is 32.1 Å². The van der Waals surface area contributed by atoms with Gasteiger partial charge in [0.15, 0.2) is 0 Å². The minimum Gasteiger partial charge on any atom is -0.356 e. The van der Waals surface area contributed by atoms with Crippen molar-refractivity contribution < 1.29 is 9.59 Å². The molecule has 2 aliphatic heterocycles. The fraction of sp³-hybridized carbons (Fsp3) is 0.889. The highest BCUT2D eigenvalue weighted by atomic mass is 35.5. The lowest BCUT2D eigenvalue weighted by molar-refractivity contribution is -0.121. The lowest BCUT2D eigenvalue weighted by Crippen LogP contribution is -2.36. The lowest BCUT2D eigenvalue weighted by atomic mass is 10.0. The van der Waals surface area contributed by atoms with Crippen molar-refractivity contribution >= 4 is 36.1 Å². The van der Waals surface area contributed by atoms with Gasteiger partial charge in [-0.25, -0.2) is 4.79 Å². The number of hydrogen-bond acceptors (Lipinski definition) is 4. The number of nitrogens with two attached hydrogens (primary N) is 1. The molecule has 3 amide bonds. The molecular formula is C18H35ClN4O2S. The Hall–Kier alpha value is -0.660. The van der Waals surface area contributed by atoms with Gasteiger partial charge >= 0.3 is 6.03 Å². The van der Waals surface area contributed by atoms with Gasteiger partial charge in [0, 0.05) is 24.0 Å². The average molecular weight is 407 g/mol. The second-order valence-electron chi connectivity index (χ2n) is 7.13. The van der Waals surface area contributed by atoms with Gasteiger partial charge in [-0.05, 0) is 32.2 Å². The van der Waals surface area contributed by atoms with Crippen LogP contribution in [0.3, 0.4) is 0 Å². The van der Waals surface area contributed by atoms with Crippen LogP contribution in [0.2, 0.25) is 0 Å². The average Bonchev–Trinajstić information content (AvgIpc) is 3.13. The van der Waals surface area contributed by atoms with Gasteiger partial charge in [-0.3, -0.25) is 4.79 Å². The SMILES string of the molecule is Cl.NCCCCCCCCNC(=O)CCCCC1SCC2NC(=O)NC21. The molecule has 0 bridgehead atoms. The summed E-state index contributed by atoms with van der Waals surface area (Å²) in [5.74, 6) is 1.18. The van der Waals surface area contributed by atoms with E-state index in [0.29, 0.717) is 17.7 Å². The molecule has 5 N–H and O–H groups in total. The molecule has 3 atom stereocenters. The van der Waals surface area contributed by atoms with Crippen LogP contribution in [-0.4, -0.2) is 48.1 Å². The fourth-order valence-corrected chi connectivity index (χ4v) is 5.11. The zero-order valence-electron chi connectivity index (χ0n) is 15.6. The molecule has 26 heavy (non-hydrogen) atoms. The van der Waals surface area contributed by atoms with Crippen LogP contribution in [0.4, 0.5) is 4.79 Å². The van der Waals surface area contributed by atoms with Crippen molar-refractivity contribution in [2.24, 2.45) is 5.73 Å². The summed E-state index contributed by atoms with van der Waals surface area (Å²) in [6.45, 7) is 1.60. The molecule has 2 saturated heterocycles. The Morgan fingerprint density at radius 2 is 1.81 bits per heavy atom. The predicted molar refractivity (Wildman–Crippen MR) is 111 cm³/mol. The molecule has 2 heterocycles. The Bertz CT molecular complexity index is 428. The minimum absolute atomic E-state index is 0. The first-order valence-corrected chi connectivity index (χ1v) is 10.9. The molecule has 152 valence electrons. The van der Waals surface area contributed by atoms with Crippen LogP contribution in [-0.2, 0) is 4.79 Å². The molecule has 2 aliphatic rings. The number of fused-ring (bicyclic) bond motifs is 1. The first-order chi connectivity index (χ1) is 12.2. The number of hydrogen-bond donors (Lipinski definition) is 4. The third kappa shape index (κ3) is 8.35. The Morgan fingerprint density at radius 3 is 2.58 bits per heavy atom. The fourth-order valence-electron chi connectivity index (χ4n) is 3.57. The van der Waals surface area contributed by atoms with Crippen molar-refractivity contribution in [3.8, 4) is 0 Å². The monoisotopic (exact) mass is 406 g/mol. The number of unbranched alkanes of at least 4 members (excludes halogenated alkanes) is 6. The summed E-state index contributed by atoms with van der Waals surface area (Å²) in [6, 6.07) is 0.538. The van der Waals surface area contributed by atoms with E-state index in [1.165, 1.54) is 25.7 Å². The van der Waals surface area contributed by atoms with Crippen LogP contribution >= 0.6 is 24.2 Å². The second kappa shape index (κ2) is 13.5. The van der Waals surface area contributed by atoms with Gasteiger partial charge in [0.05, 0.1) is 12.1 Å². The normalized spacial score (nSPS) is 23.7. The molecule has 0 aromatic heterocycles. The second-order valence-corrected chi connectivity index (χ2v) is 8.40. The molecule has 8 heteroatoms. The quantitative estimate of drug-likeness (QED) is 0.279. The van der Waals surface area contributed by atoms with E-state index in [1.54, 1.807) is 0 Å². The van der Waals surface area contributed by atoms with Crippen LogP contribution in [0, 0.1) is 0 Å². The number of carbonyl (C=O) groups excluding carboxylic acids is 2. The zero-order chi connectivity index (χ0) is 17.9. The third-order valence-corrected chi connectivity index (χ3v) is 6.54. The van der Waals surface area contributed by atoms with Gasteiger partial charge in [0.25, 0.3) is 0 Å². The van der Waals surface area contributed by atoms with Gasteiger partial charge in [-0.2, -0.15) is 11.8 Å². The smallest absolute Gasteiger partial charge is 0.315 e. The van der Waals surface area contributed by atoms with Crippen LogP contribution in [0.5, 0.6) is 0 Å². The minimum atomic E-state index is -0.0287. The maximum Gasteiger partial charge on any atom is 0.315 e. The molecule has 2 rings (SSSR count). The summed E-state index contributed by atoms with van der Waals surface area (Å²) >= 11 is 1.94. The van der Waals surface area contributed by atoms with E-state index in [4.69, 9.17) is 5.73 Å². The summed E-state index contributed by atoms with van der Waals surface area (Å²) in [6.07, 6.45) is 10.8. The van der Waals surface area contributed by atoms with Crippen molar-refractivity contribution in [3.63, 3.8) is 0 Å². The maximum absolute atomic E-state index is 11.8. The summed E-state index contributed by atoms with van der Waals surface area (Å²) in [5, 5.41) is 9.49. The first kappa shape index (κ1) is 23.4. The van der Waals surface area contributed by atoms with E-state index in [-0.39, 0.29) is 30.4 Å². The molecule has 3 unspecified atom stereocenters. The van der Waals surface area contributed by atoms with Gasteiger partial charge < -0.3 is 21.7 Å². The van der Waals surface area contributed by atoms with Crippen LogP contribution in [0.1, 0.15) is 64.2 Å². The Labute approximate surface area is 168 Å². The number of carbonyl (C=O) groups is 2. The molecule has 0 aromatic rings. The number of amides is 3. The van der Waals surface area contributed by atoms with Gasteiger partial charge in [0.2, 0.25) is 5.91 Å². The molecule has 0 saturated carbocycles. The van der Waals surface area contributed by atoms with E-state index >= 15 is 0 Å². The molecule has 0 aromatic carbocycles. The van der Waals surface area contributed by atoms with Crippen molar-refractivity contribution in [2.45, 2.75) is 81.5 Å². The molecular weight excluding hydrogens is 372 g/mol. The number of thioether (sulfide) groups is 1. The highest BCUT2D eigenvalue weighted by Crippen LogP contribution is 2.33. The predicted octanol–water partition coefficient (Wildman–Crippen LogP) is 2.55. The van der Waals surface area contributed by atoms with Crippen LogP contribution in [0.25, 0.3) is 0 Å². The van der Waals surface area contributed by atoms with E-state index in [9.17, 15) is 9.59 Å². The summed E-state index contributed by atoms with van der Waals surface area (Å²) < 4.78 is 0. The van der Waals surface area contributed by atoms with Crippen molar-refractivity contribution in [1.82, 2.24) is 16.0 Å². The summed E-state index contributed by atoms with van der Waals surface area (Å²) in [4.78, 5) is 23.2. The van der Waals surface area contributed by atoms with Gasteiger partial charge in [0.1, 0.15) is 0 Å². The lowest BCUT2D eigenvalue weighted by Gasteiger charge is -2.16. The van der Waals surface area contributed by atoms with E-state index in [1.807, 2.05) is 11.8 Å². The Morgan fingerprint density at radius 1 is 1.08 bits per heavy atom. The zero-order valence-corrected chi connectivity index (χ0v) is 17.3. The highest BCUT2D eigenvalue weighted by molar-refractivity contribution is 8.00. The maximum atomic E-state index is 11.8. The first-order valence-electron chi connectivity index (χ1n) is 9.86. The van der Waals surface area contributed by atoms with Crippen molar-refractivity contribution in [2.75, 3.05) is 18.8 Å². The number of urea groups is 1. The topological polar surface area (TPSA) is 96.2 Å². The molecule has 0 spiro atoms. The largest absolute Gasteiger partial charge is 0.356 e. The number of halogens is 1. The molecule has 2 fully saturated rings. The van der Waals surface area contributed by atoms with Crippen molar-refractivity contribution in [3.05, 3.63) is 0 Å². The summed E-state index contributed by atoms with van der Waals surface area (Å²) in [7, 11) is 0. The number of rotatable bonds is 13. The standard InChI is InChI=1S/C18H34N4O2S.ClH/c19-11-7-3-1-2-4-8-12-20-16(23)10-6-5-9-15-17-14(13-25-15)21-18(24)22-17;/h14-15,17H,1-13,19H2,(H,20,23)(H2,21,22,24);1H. The summed E-state index contributed by atoms with van der Waals surface area (Å²) in [5.41, 5.74) is 5.47. The molecule has 6 nitrogen and oxygen atoms in total. The number of nitrogens with one attached hydrogen (secondary N) is 3.